The van der Waals surface area contributed by atoms with Gasteiger partial charge in [0.1, 0.15) is 0 Å². The third kappa shape index (κ3) is 2.01. The van der Waals surface area contributed by atoms with Crippen LogP contribution in [0, 0.1) is 0 Å². The largest absolute Gasteiger partial charge is 0.474 e. The Hall–Kier alpha value is -1.76. The van der Waals surface area contributed by atoms with Crippen LogP contribution in [0.3, 0.4) is 0 Å². The maximum Gasteiger partial charge on any atom is 0.393 e. The number of carboxylic acids is 1. The minimum Gasteiger partial charge on any atom is -0.474 e. The van der Waals surface area contributed by atoms with Crippen LogP contribution >= 0.6 is 15.9 Å². The summed E-state index contributed by atoms with van der Waals surface area (Å²) in [5.41, 5.74) is 0.560. The summed E-state index contributed by atoms with van der Waals surface area (Å²) in [7, 11) is 0. The van der Waals surface area contributed by atoms with Gasteiger partial charge in [-0.1, -0.05) is 0 Å². The number of hydrogen-bond acceptors (Lipinski definition) is 5. The number of nitrogens with zero attached hydrogens (tertiary/aromatic N) is 3. The van der Waals surface area contributed by atoms with E-state index < -0.39 is 11.9 Å². The van der Waals surface area contributed by atoms with Crippen molar-refractivity contribution in [3.63, 3.8) is 0 Å². The number of carboxylic acid groups (broad SMARTS) is 1. The predicted octanol–water partition coefficient (Wildman–Crippen LogP) is 1.59. The summed E-state index contributed by atoms with van der Waals surface area (Å²) < 4.78 is 5.65. The summed E-state index contributed by atoms with van der Waals surface area (Å²) in [6.07, 6.45) is 3.10. The zero-order valence-corrected chi connectivity index (χ0v) is 8.80. The van der Waals surface area contributed by atoms with Gasteiger partial charge in [-0.05, 0) is 22.0 Å². The highest BCUT2D eigenvalue weighted by atomic mass is 79.9. The van der Waals surface area contributed by atoms with E-state index in [1.165, 1.54) is 6.20 Å². The van der Waals surface area contributed by atoms with Crippen molar-refractivity contribution < 1.29 is 14.3 Å². The van der Waals surface area contributed by atoms with Crippen LogP contribution in [0.1, 0.15) is 10.7 Å². The van der Waals surface area contributed by atoms with Gasteiger partial charge in [0, 0.05) is 16.9 Å². The molecule has 7 heteroatoms. The molecule has 0 saturated heterocycles. The van der Waals surface area contributed by atoms with Crippen LogP contribution in [0.15, 0.2) is 27.3 Å². The van der Waals surface area contributed by atoms with E-state index in [2.05, 4.69) is 31.1 Å². The highest BCUT2D eigenvalue weighted by molar-refractivity contribution is 9.10. The number of pyridine rings is 1. The Morgan fingerprint density at radius 3 is 2.80 bits per heavy atom. The molecule has 2 heterocycles. The molecule has 15 heavy (non-hydrogen) atoms. The van der Waals surface area contributed by atoms with Gasteiger partial charge >= 0.3 is 11.9 Å². The first-order chi connectivity index (χ1) is 7.16. The number of aromatic nitrogens is 3. The Kier molecular flexibility index (Phi) is 2.46. The van der Waals surface area contributed by atoms with E-state index in [0.29, 0.717) is 5.56 Å². The molecule has 0 spiro atoms. The molecule has 1 N–H and O–H groups in total. The van der Waals surface area contributed by atoms with Crippen LogP contribution < -0.4 is 0 Å². The van der Waals surface area contributed by atoms with Crippen molar-refractivity contribution in [1.82, 2.24) is 15.2 Å². The molecule has 2 rings (SSSR count). The van der Waals surface area contributed by atoms with Crippen molar-refractivity contribution >= 4 is 21.9 Å². The van der Waals surface area contributed by atoms with Crippen LogP contribution in [0.5, 0.6) is 0 Å². The minimum atomic E-state index is -1.25. The van der Waals surface area contributed by atoms with Gasteiger partial charge in [-0.15, -0.1) is 10.2 Å². The van der Waals surface area contributed by atoms with Gasteiger partial charge in [0.25, 0.3) is 0 Å². The molecule has 6 nitrogen and oxygen atoms in total. The first-order valence-corrected chi connectivity index (χ1v) is 4.64. The average molecular weight is 270 g/mol. The second kappa shape index (κ2) is 3.77. The molecule has 0 amide bonds. The first-order valence-electron chi connectivity index (χ1n) is 3.84. The van der Waals surface area contributed by atoms with E-state index in [1.54, 1.807) is 12.3 Å². The minimum absolute atomic E-state index is 0.126. The molecule has 0 bridgehead atoms. The molecule has 0 atom stereocenters. The third-order valence-corrected chi connectivity index (χ3v) is 1.99. The molecular formula is C8H4BrN3O3. The molecule has 2 aromatic rings. The molecule has 2 aromatic heterocycles. The van der Waals surface area contributed by atoms with E-state index in [-0.39, 0.29) is 5.89 Å². The van der Waals surface area contributed by atoms with Crippen molar-refractivity contribution in [2.24, 2.45) is 0 Å². The Morgan fingerprint density at radius 1 is 1.40 bits per heavy atom. The van der Waals surface area contributed by atoms with Gasteiger partial charge in [-0.25, -0.2) is 4.79 Å². The lowest BCUT2D eigenvalue weighted by atomic mass is 10.3. The topological polar surface area (TPSA) is 89.1 Å². The van der Waals surface area contributed by atoms with Gasteiger partial charge < -0.3 is 9.52 Å². The lowest BCUT2D eigenvalue weighted by Crippen LogP contribution is -1.95. The Morgan fingerprint density at radius 2 is 2.20 bits per heavy atom. The van der Waals surface area contributed by atoms with E-state index >= 15 is 0 Å². The molecular weight excluding hydrogens is 266 g/mol. The number of aromatic carboxylic acids is 1. The monoisotopic (exact) mass is 269 g/mol. The van der Waals surface area contributed by atoms with Crippen LogP contribution in [-0.4, -0.2) is 26.3 Å². The SMILES string of the molecule is O=C(O)c1nnc(-c2cncc(Br)c2)o1. The summed E-state index contributed by atoms with van der Waals surface area (Å²) in [5, 5.41) is 15.5. The summed E-state index contributed by atoms with van der Waals surface area (Å²) in [5.74, 6) is -1.57. The fourth-order valence-electron chi connectivity index (χ4n) is 0.955. The number of carbonyl (C=O) groups is 1. The second-order valence-corrected chi connectivity index (χ2v) is 3.53. The molecule has 0 aromatic carbocycles. The highest BCUT2D eigenvalue weighted by Crippen LogP contribution is 2.20. The Bertz CT molecular complexity index is 511. The lowest BCUT2D eigenvalue weighted by molar-refractivity contribution is 0.0654. The van der Waals surface area contributed by atoms with Crippen LogP contribution in [-0.2, 0) is 0 Å². The molecule has 0 fully saturated rings. The molecule has 0 saturated carbocycles. The molecule has 0 radical (unpaired) electrons. The van der Waals surface area contributed by atoms with Crippen LogP contribution in [0.4, 0.5) is 0 Å². The summed E-state index contributed by atoms with van der Waals surface area (Å²) in [6, 6.07) is 1.70. The summed E-state index contributed by atoms with van der Waals surface area (Å²) in [6.45, 7) is 0. The zero-order chi connectivity index (χ0) is 10.8. The van der Waals surface area contributed by atoms with Crippen molar-refractivity contribution in [3.05, 3.63) is 28.8 Å². The fraction of sp³-hybridized carbons (Fsp3) is 0. The Balaban J connectivity index is 2.41. The van der Waals surface area contributed by atoms with Crippen LogP contribution in [0.25, 0.3) is 11.5 Å². The smallest absolute Gasteiger partial charge is 0.393 e. The maximum absolute atomic E-state index is 10.5. The van der Waals surface area contributed by atoms with E-state index in [4.69, 9.17) is 9.52 Å². The third-order valence-electron chi connectivity index (χ3n) is 1.56. The van der Waals surface area contributed by atoms with Crippen LogP contribution in [0.2, 0.25) is 0 Å². The van der Waals surface area contributed by atoms with Crippen molar-refractivity contribution in [2.45, 2.75) is 0 Å². The summed E-state index contributed by atoms with van der Waals surface area (Å²) >= 11 is 3.23. The maximum atomic E-state index is 10.5. The van der Waals surface area contributed by atoms with Gasteiger partial charge in [-0.3, -0.25) is 4.98 Å². The molecule has 0 aliphatic carbocycles. The van der Waals surface area contributed by atoms with Gasteiger partial charge in [0.2, 0.25) is 5.89 Å². The summed E-state index contributed by atoms with van der Waals surface area (Å²) in [4.78, 5) is 14.4. The fourth-order valence-corrected chi connectivity index (χ4v) is 1.32. The standard InChI is InChI=1S/C8H4BrN3O3/c9-5-1-4(2-10-3-5)6-11-12-7(15-6)8(13)14/h1-3H,(H,13,14). The predicted molar refractivity (Wildman–Crippen MR) is 52.2 cm³/mol. The zero-order valence-electron chi connectivity index (χ0n) is 7.22. The normalized spacial score (nSPS) is 10.2. The highest BCUT2D eigenvalue weighted by Gasteiger charge is 2.14. The van der Waals surface area contributed by atoms with E-state index in [0.717, 1.165) is 4.47 Å². The molecule has 76 valence electrons. The van der Waals surface area contributed by atoms with Gasteiger partial charge in [-0.2, -0.15) is 0 Å². The van der Waals surface area contributed by atoms with Gasteiger partial charge in [0.05, 0.1) is 5.56 Å². The number of halogens is 1. The number of rotatable bonds is 2. The number of hydrogen-bond donors (Lipinski definition) is 1. The van der Waals surface area contributed by atoms with E-state index in [9.17, 15) is 4.79 Å². The van der Waals surface area contributed by atoms with Gasteiger partial charge in [0.15, 0.2) is 0 Å². The molecule has 0 aliphatic rings. The van der Waals surface area contributed by atoms with Crippen molar-refractivity contribution in [3.8, 4) is 11.5 Å². The first kappa shape index (κ1) is 9.78. The average Bonchev–Trinajstić information content (AvgIpc) is 2.66. The second-order valence-electron chi connectivity index (χ2n) is 2.61. The quantitative estimate of drug-likeness (QED) is 0.891. The van der Waals surface area contributed by atoms with E-state index in [1.807, 2.05) is 0 Å². The molecule has 0 unspecified atom stereocenters. The Labute approximate surface area is 92.1 Å². The van der Waals surface area contributed by atoms with Crippen molar-refractivity contribution in [1.29, 1.82) is 0 Å². The van der Waals surface area contributed by atoms with Crippen molar-refractivity contribution in [2.75, 3.05) is 0 Å². The molecule has 0 aliphatic heterocycles. The lowest BCUT2D eigenvalue weighted by Gasteiger charge is -1.93.